The Morgan fingerprint density at radius 3 is 2.58 bits per heavy atom. The van der Waals surface area contributed by atoms with E-state index < -0.39 is 0 Å². The third-order valence-electron chi connectivity index (χ3n) is 3.26. The van der Waals surface area contributed by atoms with Crippen molar-refractivity contribution in [3.63, 3.8) is 0 Å². The second-order valence-corrected chi connectivity index (χ2v) is 4.25. The fraction of sp³-hybridized carbons (Fsp3) is 0.818. The highest BCUT2D eigenvalue weighted by atomic mass is 14.9. The maximum Gasteiger partial charge on any atom is 0.0277 e. The van der Waals surface area contributed by atoms with Crippen LogP contribution in [0.3, 0.4) is 0 Å². The van der Waals surface area contributed by atoms with Gasteiger partial charge >= 0.3 is 0 Å². The molecule has 1 aliphatic carbocycles. The second-order valence-electron chi connectivity index (χ2n) is 4.25. The molecule has 1 aliphatic heterocycles. The number of rotatable bonds is 2. The number of allylic oxidation sites excluding steroid dienone is 1. The lowest BCUT2D eigenvalue weighted by Crippen LogP contribution is -2.23. The van der Waals surface area contributed by atoms with Crippen LogP contribution < -0.4 is 5.32 Å². The lowest BCUT2D eigenvalue weighted by Gasteiger charge is -2.24. The lowest BCUT2D eigenvalue weighted by atomic mass is 9.83. The van der Waals surface area contributed by atoms with Crippen molar-refractivity contribution in [2.45, 2.75) is 45.1 Å². The van der Waals surface area contributed by atoms with Crippen molar-refractivity contribution in [3.8, 4) is 0 Å². The standard InChI is InChI=1S/C11H19N/c1-9(8-10-4-2-5-10)11-6-3-7-12-11/h8,10-12H,2-7H2,1H3/b9-8-. The zero-order valence-electron chi connectivity index (χ0n) is 7.97. The molecule has 1 N–H and O–H groups in total. The quantitative estimate of drug-likeness (QED) is 0.620. The summed E-state index contributed by atoms with van der Waals surface area (Å²) in [6, 6.07) is 0.714. The minimum Gasteiger partial charge on any atom is -0.310 e. The molecule has 0 aromatic carbocycles. The Balaban J connectivity index is 1.88. The molecule has 1 nitrogen and oxygen atoms in total. The van der Waals surface area contributed by atoms with E-state index in [1.807, 2.05) is 0 Å². The summed E-state index contributed by atoms with van der Waals surface area (Å²) in [5.74, 6) is 0.924. The molecule has 0 amide bonds. The van der Waals surface area contributed by atoms with Gasteiger partial charge in [-0.1, -0.05) is 18.1 Å². The Labute approximate surface area is 75.2 Å². The molecule has 1 unspecified atom stereocenters. The number of nitrogens with one attached hydrogen (secondary N) is 1. The Kier molecular flexibility index (Phi) is 2.50. The molecule has 1 heteroatoms. The van der Waals surface area contributed by atoms with E-state index >= 15 is 0 Å². The van der Waals surface area contributed by atoms with Crippen LogP contribution in [0.25, 0.3) is 0 Å². The minimum atomic E-state index is 0.714. The molecule has 2 aliphatic rings. The first-order valence-corrected chi connectivity index (χ1v) is 5.28. The van der Waals surface area contributed by atoms with Crippen molar-refractivity contribution in [1.82, 2.24) is 5.32 Å². The molecule has 2 fully saturated rings. The van der Waals surface area contributed by atoms with E-state index in [0.717, 1.165) is 5.92 Å². The van der Waals surface area contributed by atoms with Crippen LogP contribution in [0.2, 0.25) is 0 Å². The van der Waals surface area contributed by atoms with E-state index in [1.165, 1.54) is 38.6 Å². The monoisotopic (exact) mass is 165 g/mol. The van der Waals surface area contributed by atoms with Crippen LogP contribution in [0.1, 0.15) is 39.0 Å². The Morgan fingerprint density at radius 1 is 1.25 bits per heavy atom. The highest BCUT2D eigenvalue weighted by Gasteiger charge is 2.19. The molecular formula is C11H19N. The molecule has 2 rings (SSSR count). The second kappa shape index (κ2) is 3.61. The normalized spacial score (nSPS) is 32.1. The third-order valence-corrected chi connectivity index (χ3v) is 3.26. The maximum absolute atomic E-state index is 3.54. The smallest absolute Gasteiger partial charge is 0.0277 e. The number of hydrogen-bond donors (Lipinski definition) is 1. The van der Waals surface area contributed by atoms with Crippen molar-refractivity contribution in [1.29, 1.82) is 0 Å². The van der Waals surface area contributed by atoms with Gasteiger partial charge in [-0.2, -0.15) is 0 Å². The predicted octanol–water partition coefficient (Wildman–Crippen LogP) is 2.48. The van der Waals surface area contributed by atoms with Crippen LogP contribution in [0.4, 0.5) is 0 Å². The van der Waals surface area contributed by atoms with Gasteiger partial charge in [0.25, 0.3) is 0 Å². The van der Waals surface area contributed by atoms with Crippen molar-refractivity contribution in [2.75, 3.05) is 6.54 Å². The largest absolute Gasteiger partial charge is 0.310 e. The van der Waals surface area contributed by atoms with Crippen molar-refractivity contribution in [3.05, 3.63) is 11.6 Å². The summed E-state index contributed by atoms with van der Waals surface area (Å²) in [4.78, 5) is 0. The van der Waals surface area contributed by atoms with E-state index in [-0.39, 0.29) is 0 Å². The van der Waals surface area contributed by atoms with Crippen LogP contribution in [0.15, 0.2) is 11.6 Å². The van der Waals surface area contributed by atoms with Crippen molar-refractivity contribution in [2.24, 2.45) is 5.92 Å². The van der Waals surface area contributed by atoms with Gasteiger partial charge in [-0.05, 0) is 45.1 Å². The highest BCUT2D eigenvalue weighted by Crippen LogP contribution is 2.29. The topological polar surface area (TPSA) is 12.0 Å². The fourth-order valence-electron chi connectivity index (χ4n) is 2.17. The molecule has 0 spiro atoms. The fourth-order valence-corrected chi connectivity index (χ4v) is 2.17. The van der Waals surface area contributed by atoms with E-state index in [2.05, 4.69) is 18.3 Å². The van der Waals surface area contributed by atoms with Gasteiger partial charge in [0.1, 0.15) is 0 Å². The van der Waals surface area contributed by atoms with Crippen LogP contribution in [0, 0.1) is 5.92 Å². The molecule has 1 heterocycles. The van der Waals surface area contributed by atoms with Crippen molar-refractivity contribution >= 4 is 0 Å². The van der Waals surface area contributed by atoms with E-state index in [9.17, 15) is 0 Å². The highest BCUT2D eigenvalue weighted by molar-refractivity contribution is 5.12. The van der Waals surface area contributed by atoms with Gasteiger partial charge in [0.05, 0.1) is 0 Å². The molecule has 12 heavy (non-hydrogen) atoms. The van der Waals surface area contributed by atoms with Crippen molar-refractivity contribution < 1.29 is 0 Å². The summed E-state index contributed by atoms with van der Waals surface area (Å²) in [5.41, 5.74) is 1.59. The lowest BCUT2D eigenvalue weighted by molar-refractivity contribution is 0.384. The molecule has 1 atom stereocenters. The molecule has 0 bridgehead atoms. The molecule has 68 valence electrons. The van der Waals surface area contributed by atoms with E-state index in [0.29, 0.717) is 6.04 Å². The molecular weight excluding hydrogens is 146 g/mol. The summed E-state index contributed by atoms with van der Waals surface area (Å²) in [6.45, 7) is 3.52. The first kappa shape index (κ1) is 8.31. The summed E-state index contributed by atoms with van der Waals surface area (Å²) in [7, 11) is 0. The van der Waals surface area contributed by atoms with Gasteiger partial charge in [-0.15, -0.1) is 0 Å². The van der Waals surface area contributed by atoms with Crippen LogP contribution in [0.5, 0.6) is 0 Å². The van der Waals surface area contributed by atoms with Gasteiger partial charge in [-0.3, -0.25) is 0 Å². The van der Waals surface area contributed by atoms with Crippen LogP contribution in [-0.2, 0) is 0 Å². The summed E-state index contributed by atoms with van der Waals surface area (Å²) < 4.78 is 0. The van der Waals surface area contributed by atoms with Gasteiger partial charge in [0.15, 0.2) is 0 Å². The SMILES string of the molecule is C/C(=C/C1CCC1)C1CCCN1. The van der Waals surface area contributed by atoms with Gasteiger partial charge in [0.2, 0.25) is 0 Å². The molecule has 0 radical (unpaired) electrons. The first-order valence-electron chi connectivity index (χ1n) is 5.28. The zero-order chi connectivity index (χ0) is 8.39. The molecule has 0 aromatic rings. The van der Waals surface area contributed by atoms with Crippen LogP contribution in [-0.4, -0.2) is 12.6 Å². The Hall–Kier alpha value is -0.300. The van der Waals surface area contributed by atoms with Gasteiger partial charge in [-0.25, -0.2) is 0 Å². The summed E-state index contributed by atoms with van der Waals surface area (Å²) in [6.07, 6.45) is 9.54. The van der Waals surface area contributed by atoms with Gasteiger partial charge < -0.3 is 5.32 Å². The average molecular weight is 165 g/mol. The molecule has 0 aromatic heterocycles. The van der Waals surface area contributed by atoms with E-state index in [1.54, 1.807) is 5.57 Å². The zero-order valence-corrected chi connectivity index (χ0v) is 7.97. The Bertz CT molecular complexity index is 173. The van der Waals surface area contributed by atoms with E-state index in [4.69, 9.17) is 0 Å². The maximum atomic E-state index is 3.54. The number of hydrogen-bond acceptors (Lipinski definition) is 1. The molecule has 1 saturated carbocycles. The van der Waals surface area contributed by atoms with Crippen LogP contribution >= 0.6 is 0 Å². The third kappa shape index (κ3) is 1.71. The first-order chi connectivity index (χ1) is 5.86. The summed E-state index contributed by atoms with van der Waals surface area (Å²) in [5, 5.41) is 3.54. The minimum absolute atomic E-state index is 0.714. The average Bonchev–Trinajstić information content (AvgIpc) is 2.47. The Morgan fingerprint density at radius 2 is 2.08 bits per heavy atom. The molecule has 1 saturated heterocycles. The predicted molar refractivity (Wildman–Crippen MR) is 52.1 cm³/mol. The van der Waals surface area contributed by atoms with Gasteiger partial charge in [0, 0.05) is 6.04 Å². The summed E-state index contributed by atoms with van der Waals surface area (Å²) >= 11 is 0.